The number of aromatic amines is 1. The van der Waals surface area contributed by atoms with Crippen molar-refractivity contribution < 1.29 is 9.90 Å². The minimum Gasteiger partial charge on any atom is -0.507 e. The quantitative estimate of drug-likeness (QED) is 0.682. The normalized spacial score (nSPS) is 10.9. The second kappa shape index (κ2) is 6.34. The van der Waals surface area contributed by atoms with Crippen molar-refractivity contribution in [1.29, 1.82) is 0 Å². The second-order valence-corrected chi connectivity index (χ2v) is 5.97. The predicted molar refractivity (Wildman–Crippen MR) is 92.2 cm³/mol. The monoisotopic (exact) mass is 328 g/mol. The number of carbonyl (C=O) groups is 1. The second-order valence-electron chi connectivity index (χ2n) is 5.53. The average Bonchev–Trinajstić information content (AvgIpc) is 2.89. The largest absolute Gasteiger partial charge is 0.507 e. The van der Waals surface area contributed by atoms with Crippen LogP contribution in [0.25, 0.3) is 10.9 Å². The summed E-state index contributed by atoms with van der Waals surface area (Å²) in [5, 5.41) is 14.2. The number of aromatic nitrogens is 1. The van der Waals surface area contributed by atoms with Gasteiger partial charge in [-0.25, -0.2) is 0 Å². The molecule has 0 radical (unpaired) electrons. The molecule has 0 aliphatic rings. The fourth-order valence-corrected chi connectivity index (χ4v) is 2.77. The topological polar surface area (TPSA) is 65.1 Å². The number of hydrogen-bond acceptors (Lipinski definition) is 2. The molecule has 0 aliphatic carbocycles. The summed E-state index contributed by atoms with van der Waals surface area (Å²) in [5.41, 5.74) is 3.68. The highest BCUT2D eigenvalue weighted by atomic mass is 35.5. The zero-order valence-electron chi connectivity index (χ0n) is 12.7. The molecule has 0 bridgehead atoms. The van der Waals surface area contributed by atoms with E-state index in [9.17, 15) is 9.90 Å². The number of phenolic OH excluding ortho intramolecular Hbond substituents is 1. The zero-order valence-corrected chi connectivity index (χ0v) is 13.4. The molecule has 3 rings (SSSR count). The van der Waals surface area contributed by atoms with Gasteiger partial charge in [-0.15, -0.1) is 0 Å². The van der Waals surface area contributed by atoms with E-state index in [1.54, 1.807) is 6.07 Å². The molecule has 3 aromatic rings. The van der Waals surface area contributed by atoms with Crippen molar-refractivity contribution in [2.45, 2.75) is 13.3 Å². The molecule has 23 heavy (non-hydrogen) atoms. The molecule has 0 atom stereocenters. The molecule has 118 valence electrons. The molecule has 2 aromatic carbocycles. The minimum atomic E-state index is -0.310. The van der Waals surface area contributed by atoms with Crippen molar-refractivity contribution in [3.05, 3.63) is 64.3 Å². The fraction of sp³-hybridized carbons (Fsp3) is 0.167. The standard InChI is InChI=1S/C18H17ClN2O2/c1-11-2-5-16-15(8-11)12(10-21-16)6-7-20-18(23)14-4-3-13(19)9-17(14)22/h2-5,8-10,21-22H,6-7H2,1H3,(H,20,23). The molecule has 0 saturated heterocycles. The van der Waals surface area contributed by atoms with Gasteiger partial charge in [0.25, 0.3) is 5.91 Å². The molecule has 1 heterocycles. The van der Waals surface area contributed by atoms with Gasteiger partial charge in [0.15, 0.2) is 0 Å². The van der Waals surface area contributed by atoms with Gasteiger partial charge in [0.05, 0.1) is 5.56 Å². The lowest BCUT2D eigenvalue weighted by molar-refractivity contribution is 0.0951. The van der Waals surface area contributed by atoms with Crippen LogP contribution in [0.3, 0.4) is 0 Å². The molecule has 5 heteroatoms. The third-order valence-corrected chi connectivity index (χ3v) is 4.04. The number of carbonyl (C=O) groups excluding carboxylic acids is 1. The Kier molecular flexibility index (Phi) is 4.26. The van der Waals surface area contributed by atoms with Crippen molar-refractivity contribution in [2.24, 2.45) is 0 Å². The third kappa shape index (κ3) is 3.32. The number of amides is 1. The van der Waals surface area contributed by atoms with E-state index in [1.165, 1.54) is 23.1 Å². The number of aromatic hydroxyl groups is 1. The summed E-state index contributed by atoms with van der Waals surface area (Å²) in [6, 6.07) is 10.7. The first kappa shape index (κ1) is 15.4. The predicted octanol–water partition coefficient (Wildman–Crippen LogP) is 3.81. The molecule has 0 spiro atoms. The van der Waals surface area contributed by atoms with E-state index in [4.69, 9.17) is 11.6 Å². The van der Waals surface area contributed by atoms with Crippen LogP contribution in [0.1, 0.15) is 21.5 Å². The van der Waals surface area contributed by atoms with Crippen LogP contribution in [0.15, 0.2) is 42.6 Å². The summed E-state index contributed by atoms with van der Waals surface area (Å²) in [7, 11) is 0. The zero-order chi connectivity index (χ0) is 16.4. The maximum Gasteiger partial charge on any atom is 0.255 e. The Balaban J connectivity index is 1.66. The van der Waals surface area contributed by atoms with E-state index in [1.807, 2.05) is 6.20 Å². The minimum absolute atomic E-state index is 0.113. The van der Waals surface area contributed by atoms with Gasteiger partial charge in [-0.3, -0.25) is 4.79 Å². The number of phenols is 1. The molecule has 3 N–H and O–H groups in total. The van der Waals surface area contributed by atoms with Gasteiger partial charge < -0.3 is 15.4 Å². The van der Waals surface area contributed by atoms with Crippen LogP contribution in [0.5, 0.6) is 5.75 Å². The lowest BCUT2D eigenvalue weighted by atomic mass is 10.1. The summed E-state index contributed by atoms with van der Waals surface area (Å²) in [5.74, 6) is -0.423. The Labute approximate surface area is 139 Å². The van der Waals surface area contributed by atoms with Gasteiger partial charge in [-0.1, -0.05) is 23.2 Å². The highest BCUT2D eigenvalue weighted by Crippen LogP contribution is 2.22. The van der Waals surface area contributed by atoms with Crippen molar-refractivity contribution in [1.82, 2.24) is 10.3 Å². The van der Waals surface area contributed by atoms with Gasteiger partial charge in [-0.2, -0.15) is 0 Å². The summed E-state index contributed by atoms with van der Waals surface area (Å²) >= 11 is 5.77. The number of H-pyrrole nitrogens is 1. The molecule has 1 amide bonds. The van der Waals surface area contributed by atoms with E-state index in [-0.39, 0.29) is 17.2 Å². The van der Waals surface area contributed by atoms with E-state index < -0.39 is 0 Å². The lowest BCUT2D eigenvalue weighted by Gasteiger charge is -2.07. The number of nitrogens with one attached hydrogen (secondary N) is 2. The summed E-state index contributed by atoms with van der Waals surface area (Å²) < 4.78 is 0. The molecule has 0 fully saturated rings. The van der Waals surface area contributed by atoms with E-state index in [0.717, 1.165) is 11.1 Å². The molecule has 0 aliphatic heterocycles. The van der Waals surface area contributed by atoms with Gasteiger partial charge in [-0.05, 0) is 49.2 Å². The van der Waals surface area contributed by atoms with Gasteiger partial charge >= 0.3 is 0 Å². The first-order chi connectivity index (χ1) is 11.0. The van der Waals surface area contributed by atoms with Crippen LogP contribution in [0.2, 0.25) is 5.02 Å². The maximum atomic E-state index is 12.1. The molecule has 0 unspecified atom stereocenters. The van der Waals surface area contributed by atoms with E-state index in [2.05, 4.69) is 35.4 Å². The molecular weight excluding hydrogens is 312 g/mol. The van der Waals surface area contributed by atoms with Gasteiger partial charge in [0, 0.05) is 28.7 Å². The maximum absolute atomic E-state index is 12.1. The number of rotatable bonds is 4. The molecular formula is C18H17ClN2O2. The number of fused-ring (bicyclic) bond motifs is 1. The van der Waals surface area contributed by atoms with Crippen molar-refractivity contribution >= 4 is 28.4 Å². The third-order valence-electron chi connectivity index (χ3n) is 3.81. The SMILES string of the molecule is Cc1ccc2[nH]cc(CCNC(=O)c3ccc(Cl)cc3O)c2c1. The summed E-state index contributed by atoms with van der Waals surface area (Å²) in [6.45, 7) is 2.54. The van der Waals surface area contributed by atoms with Crippen LogP contribution in [-0.2, 0) is 6.42 Å². The molecule has 0 saturated carbocycles. The number of benzene rings is 2. The number of halogens is 1. The summed E-state index contributed by atoms with van der Waals surface area (Å²) in [6.07, 6.45) is 2.68. The Morgan fingerprint density at radius 1 is 1.26 bits per heavy atom. The lowest BCUT2D eigenvalue weighted by Crippen LogP contribution is -2.25. The average molecular weight is 329 g/mol. The smallest absolute Gasteiger partial charge is 0.255 e. The van der Waals surface area contributed by atoms with Crippen LogP contribution in [-0.4, -0.2) is 22.5 Å². The van der Waals surface area contributed by atoms with Crippen molar-refractivity contribution in [3.63, 3.8) is 0 Å². The van der Waals surface area contributed by atoms with Gasteiger partial charge in [0.2, 0.25) is 0 Å². The number of aryl methyl sites for hydroxylation is 1. The van der Waals surface area contributed by atoms with Crippen molar-refractivity contribution in [3.8, 4) is 5.75 Å². The number of hydrogen-bond donors (Lipinski definition) is 3. The van der Waals surface area contributed by atoms with E-state index in [0.29, 0.717) is 18.0 Å². The summed E-state index contributed by atoms with van der Waals surface area (Å²) in [4.78, 5) is 15.3. The Hall–Kier alpha value is -2.46. The molecule has 4 nitrogen and oxygen atoms in total. The highest BCUT2D eigenvalue weighted by molar-refractivity contribution is 6.30. The van der Waals surface area contributed by atoms with E-state index >= 15 is 0 Å². The highest BCUT2D eigenvalue weighted by Gasteiger charge is 2.11. The Morgan fingerprint density at radius 3 is 2.87 bits per heavy atom. The Bertz CT molecular complexity index is 871. The fourth-order valence-electron chi connectivity index (χ4n) is 2.60. The van der Waals surface area contributed by atoms with Crippen molar-refractivity contribution in [2.75, 3.05) is 6.54 Å². The van der Waals surface area contributed by atoms with Crippen LogP contribution >= 0.6 is 11.6 Å². The van der Waals surface area contributed by atoms with Crippen LogP contribution in [0.4, 0.5) is 0 Å². The van der Waals surface area contributed by atoms with Crippen LogP contribution in [0, 0.1) is 6.92 Å². The van der Waals surface area contributed by atoms with Gasteiger partial charge in [0.1, 0.15) is 5.75 Å². The first-order valence-electron chi connectivity index (χ1n) is 7.38. The first-order valence-corrected chi connectivity index (χ1v) is 7.76. The van der Waals surface area contributed by atoms with Crippen LogP contribution < -0.4 is 5.32 Å². The Morgan fingerprint density at radius 2 is 2.09 bits per heavy atom. The molecule has 1 aromatic heterocycles.